The molecule has 0 fully saturated rings. The number of pyridine rings is 1. The van der Waals surface area contributed by atoms with Crippen molar-refractivity contribution in [1.29, 1.82) is 0 Å². The minimum atomic E-state index is -0.782. The molecule has 0 saturated heterocycles. The number of fused-ring (bicyclic) bond motifs is 1. The first-order chi connectivity index (χ1) is 8.49. The number of aryl methyl sites for hydroxylation is 4. The van der Waals surface area contributed by atoms with Crippen LogP contribution in [0.3, 0.4) is 0 Å². The molecule has 2 rings (SSSR count). The van der Waals surface area contributed by atoms with Crippen molar-refractivity contribution in [2.45, 2.75) is 33.6 Å². The molecule has 0 aliphatic carbocycles. The highest BCUT2D eigenvalue weighted by Crippen LogP contribution is 2.23. The van der Waals surface area contributed by atoms with Crippen LogP contribution in [-0.4, -0.2) is 16.1 Å². The Hall–Kier alpha value is -1.90. The van der Waals surface area contributed by atoms with Gasteiger partial charge in [0.05, 0.1) is 11.9 Å². The number of carbonyl (C=O) groups is 1. The molecule has 0 atom stereocenters. The lowest BCUT2D eigenvalue weighted by Gasteiger charge is -2.10. The van der Waals surface area contributed by atoms with Gasteiger partial charge in [0.1, 0.15) is 0 Å². The van der Waals surface area contributed by atoms with Gasteiger partial charge >= 0.3 is 5.97 Å². The third kappa shape index (κ3) is 2.35. The predicted octanol–water partition coefficient (Wildman–Crippen LogP) is 3.18. The molecule has 3 heteroatoms. The van der Waals surface area contributed by atoms with E-state index in [1.807, 2.05) is 13.0 Å². The summed E-state index contributed by atoms with van der Waals surface area (Å²) >= 11 is 0. The maximum absolute atomic E-state index is 10.6. The quantitative estimate of drug-likeness (QED) is 0.900. The van der Waals surface area contributed by atoms with Gasteiger partial charge in [0.25, 0.3) is 0 Å². The molecule has 0 saturated carbocycles. The summed E-state index contributed by atoms with van der Waals surface area (Å²) in [6.07, 6.45) is 0.613. The van der Waals surface area contributed by atoms with Crippen LogP contribution in [0.25, 0.3) is 10.9 Å². The molecule has 1 heterocycles. The van der Waals surface area contributed by atoms with E-state index in [1.54, 1.807) is 0 Å². The Kier molecular flexibility index (Phi) is 3.32. The number of hydrogen-bond acceptors (Lipinski definition) is 2. The van der Waals surface area contributed by atoms with E-state index in [1.165, 1.54) is 11.1 Å². The molecule has 3 nitrogen and oxygen atoms in total. The average Bonchev–Trinajstić information content (AvgIpc) is 2.32. The zero-order valence-electron chi connectivity index (χ0n) is 10.9. The summed E-state index contributed by atoms with van der Waals surface area (Å²) in [7, 11) is 0. The number of carboxylic acid groups (broad SMARTS) is 1. The van der Waals surface area contributed by atoms with Gasteiger partial charge in [0.15, 0.2) is 0 Å². The van der Waals surface area contributed by atoms with E-state index in [9.17, 15) is 4.79 Å². The second-order valence-corrected chi connectivity index (χ2v) is 4.73. The second kappa shape index (κ2) is 4.77. The summed E-state index contributed by atoms with van der Waals surface area (Å²) in [5.74, 6) is -0.782. The molecule has 94 valence electrons. The van der Waals surface area contributed by atoms with Crippen LogP contribution in [0.2, 0.25) is 0 Å². The lowest BCUT2D eigenvalue weighted by atomic mass is 10.0. The van der Waals surface area contributed by atoms with Gasteiger partial charge < -0.3 is 5.11 Å². The predicted molar refractivity (Wildman–Crippen MR) is 71.9 cm³/mol. The standard InChI is InChI=1S/C15H17NO2/c1-9-4-6-13-10(2)8-12(5-7-14(17)18)16-15(13)11(9)3/h4,6,8H,5,7H2,1-3H3,(H,17,18). The highest BCUT2D eigenvalue weighted by atomic mass is 16.4. The van der Waals surface area contributed by atoms with Crippen LogP contribution in [-0.2, 0) is 11.2 Å². The number of nitrogens with zero attached hydrogens (tertiary/aromatic N) is 1. The summed E-state index contributed by atoms with van der Waals surface area (Å²) in [5.41, 5.74) is 5.40. The SMILES string of the molecule is Cc1ccc2c(C)cc(CCC(=O)O)nc2c1C. The summed E-state index contributed by atoms with van der Waals surface area (Å²) in [6, 6.07) is 6.17. The smallest absolute Gasteiger partial charge is 0.303 e. The molecule has 1 aromatic heterocycles. The molecule has 0 spiro atoms. The van der Waals surface area contributed by atoms with Gasteiger partial charge in [-0.15, -0.1) is 0 Å². The molecule has 2 aromatic rings. The van der Waals surface area contributed by atoms with Gasteiger partial charge in [0, 0.05) is 17.5 Å². The van der Waals surface area contributed by atoms with Crippen molar-refractivity contribution < 1.29 is 9.90 Å². The molecule has 1 aromatic carbocycles. The Morgan fingerprint density at radius 3 is 2.61 bits per heavy atom. The first-order valence-electron chi connectivity index (χ1n) is 6.07. The van der Waals surface area contributed by atoms with E-state index in [-0.39, 0.29) is 6.42 Å². The van der Waals surface area contributed by atoms with Crippen LogP contribution in [0, 0.1) is 20.8 Å². The molecular weight excluding hydrogens is 226 g/mol. The van der Waals surface area contributed by atoms with E-state index in [0.717, 1.165) is 22.2 Å². The molecule has 0 aliphatic rings. The number of rotatable bonds is 3. The van der Waals surface area contributed by atoms with Crippen LogP contribution in [0.4, 0.5) is 0 Å². The second-order valence-electron chi connectivity index (χ2n) is 4.73. The maximum atomic E-state index is 10.6. The van der Waals surface area contributed by atoms with Crippen LogP contribution >= 0.6 is 0 Å². The number of hydrogen-bond donors (Lipinski definition) is 1. The largest absolute Gasteiger partial charge is 0.481 e. The molecule has 0 bridgehead atoms. The molecule has 1 N–H and O–H groups in total. The Labute approximate surface area is 106 Å². The summed E-state index contributed by atoms with van der Waals surface area (Å²) in [6.45, 7) is 6.17. The van der Waals surface area contributed by atoms with Crippen molar-refractivity contribution in [3.05, 3.63) is 40.6 Å². The Morgan fingerprint density at radius 2 is 1.94 bits per heavy atom. The van der Waals surface area contributed by atoms with E-state index >= 15 is 0 Å². The molecular formula is C15H17NO2. The van der Waals surface area contributed by atoms with E-state index in [0.29, 0.717) is 6.42 Å². The summed E-state index contributed by atoms with van der Waals surface area (Å²) in [5, 5.41) is 9.88. The highest BCUT2D eigenvalue weighted by Gasteiger charge is 2.08. The highest BCUT2D eigenvalue weighted by molar-refractivity contribution is 5.86. The third-order valence-corrected chi connectivity index (χ3v) is 3.36. The minimum absolute atomic E-state index is 0.128. The number of aliphatic carboxylic acids is 1. The molecule has 18 heavy (non-hydrogen) atoms. The van der Waals surface area contributed by atoms with Crippen LogP contribution in [0.1, 0.15) is 28.8 Å². The summed E-state index contributed by atoms with van der Waals surface area (Å²) < 4.78 is 0. The molecule has 0 aliphatic heterocycles. The van der Waals surface area contributed by atoms with Gasteiger partial charge in [-0.3, -0.25) is 9.78 Å². The maximum Gasteiger partial charge on any atom is 0.303 e. The van der Waals surface area contributed by atoms with Crippen molar-refractivity contribution in [2.75, 3.05) is 0 Å². The minimum Gasteiger partial charge on any atom is -0.481 e. The summed E-state index contributed by atoms with van der Waals surface area (Å²) in [4.78, 5) is 15.2. The van der Waals surface area contributed by atoms with Crippen molar-refractivity contribution >= 4 is 16.9 Å². The molecule has 0 amide bonds. The number of aromatic nitrogens is 1. The van der Waals surface area contributed by atoms with Crippen LogP contribution in [0.15, 0.2) is 18.2 Å². The van der Waals surface area contributed by atoms with Crippen LogP contribution < -0.4 is 0 Å². The van der Waals surface area contributed by atoms with Gasteiger partial charge in [-0.05, 0) is 43.5 Å². The van der Waals surface area contributed by atoms with E-state index in [4.69, 9.17) is 5.11 Å². The van der Waals surface area contributed by atoms with Crippen LogP contribution in [0.5, 0.6) is 0 Å². The monoisotopic (exact) mass is 243 g/mol. The van der Waals surface area contributed by atoms with E-state index < -0.39 is 5.97 Å². The third-order valence-electron chi connectivity index (χ3n) is 3.36. The Bertz CT molecular complexity index is 617. The fraction of sp³-hybridized carbons (Fsp3) is 0.333. The first kappa shape index (κ1) is 12.6. The topological polar surface area (TPSA) is 50.2 Å². The van der Waals surface area contributed by atoms with Gasteiger partial charge in [0.2, 0.25) is 0 Å². The van der Waals surface area contributed by atoms with E-state index in [2.05, 4.69) is 31.0 Å². The first-order valence-corrected chi connectivity index (χ1v) is 6.07. The molecule has 0 radical (unpaired) electrons. The fourth-order valence-corrected chi connectivity index (χ4v) is 2.13. The zero-order chi connectivity index (χ0) is 13.3. The van der Waals surface area contributed by atoms with Crippen molar-refractivity contribution in [2.24, 2.45) is 0 Å². The number of benzene rings is 1. The van der Waals surface area contributed by atoms with Crippen molar-refractivity contribution in [3.8, 4) is 0 Å². The van der Waals surface area contributed by atoms with Gasteiger partial charge in [-0.25, -0.2) is 0 Å². The van der Waals surface area contributed by atoms with Gasteiger partial charge in [-0.2, -0.15) is 0 Å². The fourth-order valence-electron chi connectivity index (χ4n) is 2.13. The van der Waals surface area contributed by atoms with Gasteiger partial charge in [-0.1, -0.05) is 12.1 Å². The lowest BCUT2D eigenvalue weighted by molar-refractivity contribution is -0.136. The number of carboxylic acids is 1. The zero-order valence-corrected chi connectivity index (χ0v) is 10.9. The molecule has 0 unspecified atom stereocenters. The Morgan fingerprint density at radius 1 is 1.22 bits per heavy atom. The van der Waals surface area contributed by atoms with Crippen molar-refractivity contribution in [3.63, 3.8) is 0 Å². The Balaban J connectivity index is 2.52. The average molecular weight is 243 g/mol. The lowest BCUT2D eigenvalue weighted by Crippen LogP contribution is -2.01. The normalized spacial score (nSPS) is 10.8. The van der Waals surface area contributed by atoms with Crippen molar-refractivity contribution in [1.82, 2.24) is 4.98 Å².